The summed E-state index contributed by atoms with van der Waals surface area (Å²) >= 11 is 1.58. The Hall–Kier alpha value is -1.69. The molecular weight excluding hydrogens is 276 g/mol. The first-order chi connectivity index (χ1) is 9.67. The van der Waals surface area contributed by atoms with Crippen molar-refractivity contribution in [3.63, 3.8) is 0 Å². The Bertz CT molecular complexity index is 571. The number of benzene rings is 1. The summed E-state index contributed by atoms with van der Waals surface area (Å²) in [4.78, 5) is 0. The van der Waals surface area contributed by atoms with Gasteiger partial charge >= 0.3 is 0 Å². The summed E-state index contributed by atoms with van der Waals surface area (Å²) in [6, 6.07) is 5.51. The molecule has 0 saturated heterocycles. The lowest BCUT2D eigenvalue weighted by atomic mass is 10.2. The quantitative estimate of drug-likeness (QED) is 0.758. The third-order valence-electron chi connectivity index (χ3n) is 2.91. The van der Waals surface area contributed by atoms with E-state index in [1.807, 2.05) is 18.2 Å². The first-order valence-corrected chi connectivity index (χ1v) is 7.28. The standard InChI is InChI=1S/C14H18N2O3S/c1-5-9(2)20-14-16-15-13(19-14)10-6-7-11(17-3)12(8-10)18-4/h6-9H,5H2,1-4H3. The maximum Gasteiger partial charge on any atom is 0.277 e. The minimum atomic E-state index is 0.453. The molecule has 2 rings (SSSR count). The molecule has 6 heteroatoms. The molecule has 20 heavy (non-hydrogen) atoms. The van der Waals surface area contributed by atoms with E-state index in [0.717, 1.165) is 12.0 Å². The molecule has 1 heterocycles. The normalized spacial score (nSPS) is 12.2. The number of thioether (sulfide) groups is 1. The maximum atomic E-state index is 5.66. The number of methoxy groups -OCH3 is 2. The molecule has 0 bridgehead atoms. The highest BCUT2D eigenvalue weighted by molar-refractivity contribution is 7.99. The van der Waals surface area contributed by atoms with Crippen LogP contribution in [0.3, 0.4) is 0 Å². The first-order valence-electron chi connectivity index (χ1n) is 6.40. The van der Waals surface area contributed by atoms with Gasteiger partial charge in [-0.25, -0.2) is 0 Å². The minimum absolute atomic E-state index is 0.453. The highest BCUT2D eigenvalue weighted by Crippen LogP contribution is 2.33. The van der Waals surface area contributed by atoms with E-state index < -0.39 is 0 Å². The molecule has 2 aromatic rings. The van der Waals surface area contributed by atoms with E-state index in [4.69, 9.17) is 13.9 Å². The zero-order valence-corrected chi connectivity index (χ0v) is 12.9. The van der Waals surface area contributed by atoms with Crippen LogP contribution in [-0.2, 0) is 0 Å². The predicted octanol–water partition coefficient (Wildman–Crippen LogP) is 3.64. The predicted molar refractivity (Wildman–Crippen MR) is 78.4 cm³/mol. The number of ether oxygens (including phenoxy) is 2. The van der Waals surface area contributed by atoms with Gasteiger partial charge in [-0.1, -0.05) is 25.6 Å². The smallest absolute Gasteiger partial charge is 0.277 e. The molecular formula is C14H18N2O3S. The third kappa shape index (κ3) is 3.25. The Morgan fingerprint density at radius 3 is 2.60 bits per heavy atom. The van der Waals surface area contributed by atoms with E-state index in [1.54, 1.807) is 26.0 Å². The van der Waals surface area contributed by atoms with Gasteiger partial charge in [-0.3, -0.25) is 0 Å². The zero-order chi connectivity index (χ0) is 14.5. The zero-order valence-electron chi connectivity index (χ0n) is 12.0. The van der Waals surface area contributed by atoms with E-state index in [0.29, 0.717) is 27.9 Å². The molecule has 1 unspecified atom stereocenters. The SMILES string of the molecule is CCC(C)Sc1nnc(-c2ccc(OC)c(OC)c2)o1. The highest BCUT2D eigenvalue weighted by atomic mass is 32.2. The van der Waals surface area contributed by atoms with E-state index in [2.05, 4.69) is 24.0 Å². The Labute approximate surface area is 122 Å². The van der Waals surface area contributed by atoms with E-state index in [-0.39, 0.29) is 0 Å². The van der Waals surface area contributed by atoms with E-state index >= 15 is 0 Å². The van der Waals surface area contributed by atoms with Crippen LogP contribution in [0.5, 0.6) is 11.5 Å². The van der Waals surface area contributed by atoms with Crippen molar-refractivity contribution in [2.75, 3.05) is 14.2 Å². The van der Waals surface area contributed by atoms with Gasteiger partial charge in [-0.15, -0.1) is 10.2 Å². The fourth-order valence-electron chi connectivity index (χ4n) is 1.60. The van der Waals surface area contributed by atoms with Crippen LogP contribution in [0.25, 0.3) is 11.5 Å². The number of rotatable bonds is 6. The Balaban J connectivity index is 2.23. The fourth-order valence-corrected chi connectivity index (χ4v) is 2.32. The minimum Gasteiger partial charge on any atom is -0.493 e. The van der Waals surface area contributed by atoms with Crippen molar-refractivity contribution in [2.45, 2.75) is 30.7 Å². The maximum absolute atomic E-state index is 5.66. The fraction of sp³-hybridized carbons (Fsp3) is 0.429. The van der Waals surface area contributed by atoms with Crippen LogP contribution in [-0.4, -0.2) is 29.7 Å². The van der Waals surface area contributed by atoms with Crippen LogP contribution in [0, 0.1) is 0 Å². The van der Waals surface area contributed by atoms with E-state index in [1.165, 1.54) is 0 Å². The largest absolute Gasteiger partial charge is 0.493 e. The average molecular weight is 294 g/mol. The summed E-state index contributed by atoms with van der Waals surface area (Å²) in [6.45, 7) is 4.26. The second kappa shape index (κ2) is 6.65. The third-order valence-corrected chi connectivity index (χ3v) is 4.02. The summed E-state index contributed by atoms with van der Waals surface area (Å²) in [6.07, 6.45) is 1.05. The Morgan fingerprint density at radius 2 is 1.95 bits per heavy atom. The van der Waals surface area contributed by atoms with Gasteiger partial charge in [0.1, 0.15) is 0 Å². The summed E-state index contributed by atoms with van der Waals surface area (Å²) in [7, 11) is 3.20. The summed E-state index contributed by atoms with van der Waals surface area (Å²) in [5.41, 5.74) is 0.811. The second-order valence-corrected chi connectivity index (χ2v) is 5.67. The highest BCUT2D eigenvalue weighted by Gasteiger charge is 2.13. The molecule has 0 radical (unpaired) electrons. The van der Waals surface area contributed by atoms with Crippen molar-refractivity contribution in [3.05, 3.63) is 18.2 Å². The summed E-state index contributed by atoms with van der Waals surface area (Å²) in [5, 5.41) is 9.16. The van der Waals surface area contributed by atoms with Crippen molar-refractivity contribution in [1.29, 1.82) is 0 Å². The van der Waals surface area contributed by atoms with Gasteiger partial charge in [0.2, 0.25) is 5.89 Å². The van der Waals surface area contributed by atoms with Gasteiger partial charge in [0.05, 0.1) is 14.2 Å². The molecule has 0 N–H and O–H groups in total. The van der Waals surface area contributed by atoms with Crippen LogP contribution in [0.4, 0.5) is 0 Å². The Kier molecular flexibility index (Phi) is 4.89. The van der Waals surface area contributed by atoms with Gasteiger partial charge in [0, 0.05) is 10.8 Å². The average Bonchev–Trinajstić information content (AvgIpc) is 2.94. The first kappa shape index (κ1) is 14.7. The number of hydrogen-bond donors (Lipinski definition) is 0. The van der Waals surface area contributed by atoms with Crippen molar-refractivity contribution in [1.82, 2.24) is 10.2 Å². The van der Waals surface area contributed by atoms with Crippen LogP contribution in [0.1, 0.15) is 20.3 Å². The molecule has 0 amide bonds. The van der Waals surface area contributed by atoms with Crippen LogP contribution >= 0.6 is 11.8 Å². The summed E-state index contributed by atoms with van der Waals surface area (Å²) < 4.78 is 16.1. The molecule has 1 aromatic carbocycles. The molecule has 5 nitrogen and oxygen atoms in total. The van der Waals surface area contributed by atoms with Gasteiger partial charge in [-0.2, -0.15) is 0 Å². The number of nitrogens with zero attached hydrogens (tertiary/aromatic N) is 2. The van der Waals surface area contributed by atoms with Crippen molar-refractivity contribution >= 4 is 11.8 Å². The van der Waals surface area contributed by atoms with Crippen LogP contribution in [0.15, 0.2) is 27.8 Å². The van der Waals surface area contributed by atoms with Gasteiger partial charge in [0.15, 0.2) is 11.5 Å². The topological polar surface area (TPSA) is 57.4 Å². The lowest BCUT2D eigenvalue weighted by molar-refractivity contribution is 0.355. The molecule has 0 fully saturated rings. The van der Waals surface area contributed by atoms with Gasteiger partial charge in [0.25, 0.3) is 5.22 Å². The van der Waals surface area contributed by atoms with Crippen LogP contribution < -0.4 is 9.47 Å². The van der Waals surface area contributed by atoms with Crippen molar-refractivity contribution in [2.24, 2.45) is 0 Å². The summed E-state index contributed by atoms with van der Waals surface area (Å²) in [5.74, 6) is 1.79. The molecule has 0 aliphatic carbocycles. The molecule has 1 aromatic heterocycles. The van der Waals surface area contributed by atoms with Crippen molar-refractivity contribution < 1.29 is 13.9 Å². The van der Waals surface area contributed by atoms with E-state index in [9.17, 15) is 0 Å². The second-order valence-electron chi connectivity index (χ2n) is 4.28. The number of hydrogen-bond acceptors (Lipinski definition) is 6. The molecule has 0 aliphatic heterocycles. The van der Waals surface area contributed by atoms with Crippen molar-refractivity contribution in [3.8, 4) is 23.0 Å². The lowest BCUT2D eigenvalue weighted by Gasteiger charge is -2.07. The molecule has 0 aliphatic rings. The monoisotopic (exact) mass is 294 g/mol. The molecule has 0 saturated carbocycles. The van der Waals surface area contributed by atoms with Crippen LogP contribution in [0.2, 0.25) is 0 Å². The molecule has 108 valence electrons. The number of aromatic nitrogens is 2. The molecule has 0 spiro atoms. The van der Waals surface area contributed by atoms with Gasteiger partial charge < -0.3 is 13.9 Å². The lowest BCUT2D eigenvalue weighted by Crippen LogP contribution is -1.91. The Morgan fingerprint density at radius 1 is 1.20 bits per heavy atom. The molecule has 1 atom stereocenters. The van der Waals surface area contributed by atoms with Gasteiger partial charge in [-0.05, 0) is 24.6 Å².